The van der Waals surface area contributed by atoms with Gasteiger partial charge in [-0.15, -0.1) is 0 Å². The van der Waals surface area contributed by atoms with Gasteiger partial charge in [0.1, 0.15) is 0 Å². The topological polar surface area (TPSA) is 83.8 Å². The summed E-state index contributed by atoms with van der Waals surface area (Å²) >= 11 is 23.3. The first kappa shape index (κ1) is 15.4. The van der Waals surface area contributed by atoms with E-state index in [-0.39, 0.29) is 33.0 Å². The van der Waals surface area contributed by atoms with Crippen LogP contribution >= 0.6 is 46.4 Å². The first-order chi connectivity index (χ1) is 10.5. The first-order valence-corrected chi connectivity index (χ1v) is 7.38. The summed E-state index contributed by atoms with van der Waals surface area (Å²) in [7, 11) is 0. The summed E-state index contributed by atoms with van der Waals surface area (Å²) in [6.07, 6.45) is 3.85. The molecule has 0 atom stereocenters. The molecule has 2 aromatic rings. The summed E-state index contributed by atoms with van der Waals surface area (Å²) in [4.78, 5) is 23.6. The molecule has 0 spiro atoms. The highest BCUT2D eigenvalue weighted by molar-refractivity contribution is 6.31. The number of nitrogens with zero attached hydrogens (tertiary/aromatic N) is 8. The van der Waals surface area contributed by atoms with Gasteiger partial charge in [-0.05, 0) is 46.4 Å². The second-order valence-electron chi connectivity index (χ2n) is 3.98. The normalized spacial score (nSPS) is 14.5. The summed E-state index contributed by atoms with van der Waals surface area (Å²) in [5.74, 6) is 0.504. The van der Waals surface area contributed by atoms with E-state index < -0.39 is 0 Å². The number of anilines is 2. The summed E-state index contributed by atoms with van der Waals surface area (Å²) in [6.45, 7) is 0.912. The predicted octanol–water partition coefficient (Wildman–Crippen LogP) is 2.47. The Hall–Kier alpha value is -1.48. The van der Waals surface area contributed by atoms with Gasteiger partial charge in [-0.1, -0.05) is 12.2 Å². The quantitative estimate of drug-likeness (QED) is 0.735. The molecule has 0 bridgehead atoms. The van der Waals surface area contributed by atoms with Crippen molar-refractivity contribution in [3.63, 3.8) is 0 Å². The van der Waals surface area contributed by atoms with Crippen molar-refractivity contribution in [3.05, 3.63) is 33.3 Å². The van der Waals surface area contributed by atoms with Crippen LogP contribution in [-0.4, -0.2) is 43.0 Å². The van der Waals surface area contributed by atoms with Gasteiger partial charge >= 0.3 is 0 Å². The highest BCUT2D eigenvalue weighted by Crippen LogP contribution is 2.22. The molecule has 0 saturated heterocycles. The summed E-state index contributed by atoms with van der Waals surface area (Å²) in [6, 6.07) is 0. The molecule has 0 N–H and O–H groups in total. The molecule has 3 rings (SSSR count). The lowest BCUT2D eigenvalue weighted by molar-refractivity contribution is 0.715. The monoisotopic (exact) mass is 378 g/mol. The van der Waals surface area contributed by atoms with E-state index in [9.17, 15) is 0 Å². The molecule has 12 heteroatoms. The van der Waals surface area contributed by atoms with E-state index in [0.717, 1.165) is 0 Å². The van der Waals surface area contributed by atoms with Gasteiger partial charge in [-0.3, -0.25) is 0 Å². The number of halogens is 4. The number of hydrogen-bond donors (Lipinski definition) is 0. The van der Waals surface area contributed by atoms with Crippen molar-refractivity contribution < 1.29 is 0 Å². The Morgan fingerprint density at radius 1 is 0.591 bits per heavy atom. The van der Waals surface area contributed by atoms with Crippen LogP contribution < -0.4 is 10.0 Å². The Morgan fingerprint density at radius 2 is 0.909 bits per heavy atom. The van der Waals surface area contributed by atoms with E-state index in [1.165, 1.54) is 0 Å². The Labute approximate surface area is 144 Å². The van der Waals surface area contributed by atoms with Crippen LogP contribution in [0.1, 0.15) is 0 Å². The molecular weight excluding hydrogens is 374 g/mol. The van der Waals surface area contributed by atoms with Gasteiger partial charge in [0.2, 0.25) is 21.1 Å². The van der Waals surface area contributed by atoms with Crippen LogP contribution in [0.15, 0.2) is 12.2 Å². The van der Waals surface area contributed by atoms with Crippen LogP contribution in [0.25, 0.3) is 0 Å². The molecule has 3 heterocycles. The fraction of sp³-hybridized carbons (Fsp3) is 0.200. The minimum atomic E-state index is -0.0174. The van der Waals surface area contributed by atoms with Gasteiger partial charge < -0.3 is 0 Å². The number of hydrazine groups is 1. The number of rotatable bonds is 2. The molecule has 0 radical (unpaired) electrons. The average molecular weight is 380 g/mol. The van der Waals surface area contributed by atoms with Crippen molar-refractivity contribution in [2.24, 2.45) is 0 Å². The molecule has 2 aromatic heterocycles. The summed E-state index contributed by atoms with van der Waals surface area (Å²) in [5.41, 5.74) is 0. The molecule has 0 fully saturated rings. The Bertz CT molecular complexity index is 637. The smallest absolute Gasteiger partial charge is 0.245 e. The lowest BCUT2D eigenvalue weighted by Gasteiger charge is -2.35. The minimum absolute atomic E-state index is 0.0174. The third-order valence-corrected chi connectivity index (χ3v) is 3.29. The van der Waals surface area contributed by atoms with Gasteiger partial charge in [0.15, 0.2) is 0 Å². The van der Waals surface area contributed by atoms with Crippen molar-refractivity contribution in [1.82, 2.24) is 29.9 Å². The number of hydrogen-bond acceptors (Lipinski definition) is 8. The maximum atomic E-state index is 5.82. The van der Waals surface area contributed by atoms with E-state index in [4.69, 9.17) is 46.4 Å². The molecule has 22 heavy (non-hydrogen) atoms. The SMILES string of the molecule is Clc1nc(Cl)nc(N2CC=CCN2c2nc(Cl)nc(Cl)n2)n1. The third-order valence-electron chi connectivity index (χ3n) is 2.61. The fourth-order valence-corrected chi connectivity index (χ4v) is 2.50. The largest absolute Gasteiger partial charge is 0.250 e. The van der Waals surface area contributed by atoms with E-state index in [1.54, 1.807) is 10.0 Å². The maximum absolute atomic E-state index is 5.82. The summed E-state index contributed by atoms with van der Waals surface area (Å²) in [5, 5.41) is 3.27. The predicted molar refractivity (Wildman–Crippen MR) is 83.5 cm³/mol. The molecule has 0 unspecified atom stereocenters. The highest BCUT2D eigenvalue weighted by Gasteiger charge is 2.24. The molecule has 1 aliphatic rings. The molecule has 0 amide bonds. The summed E-state index contributed by atoms with van der Waals surface area (Å²) < 4.78 is 0. The van der Waals surface area contributed by atoms with Crippen LogP contribution in [0, 0.1) is 0 Å². The van der Waals surface area contributed by atoms with Crippen molar-refractivity contribution in [2.75, 3.05) is 23.1 Å². The molecule has 0 aromatic carbocycles. The van der Waals surface area contributed by atoms with Crippen molar-refractivity contribution in [3.8, 4) is 0 Å². The zero-order valence-corrected chi connectivity index (χ0v) is 13.7. The van der Waals surface area contributed by atoms with Crippen LogP contribution in [0.2, 0.25) is 21.1 Å². The zero-order chi connectivity index (χ0) is 15.7. The maximum Gasteiger partial charge on any atom is 0.250 e. The van der Waals surface area contributed by atoms with Gasteiger partial charge in [0.05, 0.1) is 13.1 Å². The van der Waals surface area contributed by atoms with Crippen LogP contribution in [0.3, 0.4) is 0 Å². The van der Waals surface area contributed by atoms with Crippen molar-refractivity contribution in [2.45, 2.75) is 0 Å². The van der Waals surface area contributed by atoms with Crippen molar-refractivity contribution in [1.29, 1.82) is 0 Å². The first-order valence-electron chi connectivity index (χ1n) is 5.87. The Balaban J connectivity index is 2.03. The van der Waals surface area contributed by atoms with E-state index >= 15 is 0 Å². The van der Waals surface area contributed by atoms with Gasteiger partial charge in [-0.2, -0.15) is 29.9 Å². The molecule has 0 saturated carbocycles. The third kappa shape index (κ3) is 3.30. The molecule has 0 aliphatic carbocycles. The second kappa shape index (κ2) is 6.33. The van der Waals surface area contributed by atoms with E-state index in [0.29, 0.717) is 13.1 Å². The average Bonchev–Trinajstić information content (AvgIpc) is 2.45. The zero-order valence-electron chi connectivity index (χ0n) is 10.7. The molecule has 8 nitrogen and oxygen atoms in total. The van der Waals surface area contributed by atoms with Gasteiger partial charge in [0, 0.05) is 0 Å². The molecule has 1 aliphatic heterocycles. The standard InChI is InChI=1S/C10H6Cl4N8/c11-5-15-6(12)18-9(17-5)21-3-1-2-4-22(21)10-19-7(13)16-8(14)20-10/h1-2H,3-4H2. The van der Waals surface area contributed by atoms with Crippen LogP contribution in [0.5, 0.6) is 0 Å². The van der Waals surface area contributed by atoms with Crippen LogP contribution in [-0.2, 0) is 0 Å². The van der Waals surface area contributed by atoms with Crippen LogP contribution in [0.4, 0.5) is 11.9 Å². The fourth-order valence-electron chi connectivity index (χ4n) is 1.79. The lowest BCUT2D eigenvalue weighted by Crippen LogP contribution is -2.47. The second-order valence-corrected chi connectivity index (χ2v) is 5.33. The Kier molecular flexibility index (Phi) is 4.44. The van der Waals surface area contributed by atoms with Gasteiger partial charge in [-0.25, -0.2) is 10.0 Å². The molecule has 114 valence electrons. The number of aromatic nitrogens is 6. The van der Waals surface area contributed by atoms with Crippen molar-refractivity contribution >= 4 is 58.3 Å². The van der Waals surface area contributed by atoms with E-state index in [1.807, 2.05) is 12.2 Å². The van der Waals surface area contributed by atoms with Gasteiger partial charge in [0.25, 0.3) is 11.9 Å². The van der Waals surface area contributed by atoms with E-state index in [2.05, 4.69) is 29.9 Å². The highest BCUT2D eigenvalue weighted by atomic mass is 35.5. The molecular formula is C10H6Cl4N8. The minimum Gasteiger partial charge on any atom is -0.245 e. The lowest BCUT2D eigenvalue weighted by atomic mass is 10.4. The Morgan fingerprint density at radius 3 is 1.23 bits per heavy atom.